The molecule has 0 heterocycles. The van der Waals surface area contributed by atoms with Crippen LogP contribution in [0.1, 0.15) is 40.5 Å². The Morgan fingerprint density at radius 1 is 1.40 bits per heavy atom. The Kier molecular flexibility index (Phi) is 1.89. The molecule has 0 aromatic heterocycles. The van der Waals surface area contributed by atoms with Crippen LogP contribution in [-0.2, 0) is 0 Å². The molecule has 1 aliphatic carbocycles. The fourth-order valence-electron chi connectivity index (χ4n) is 1.50. The standard InChI is InChI=1S/C10H18/c1-8-5-6-9(7-8)10(2,3)4/h6,8H,5,7H2,1-4H3. The lowest BCUT2D eigenvalue weighted by Crippen LogP contribution is -2.07. The predicted molar refractivity (Wildman–Crippen MR) is 45.9 cm³/mol. The van der Waals surface area contributed by atoms with Gasteiger partial charge in [0.15, 0.2) is 0 Å². The van der Waals surface area contributed by atoms with Gasteiger partial charge in [0.2, 0.25) is 0 Å². The van der Waals surface area contributed by atoms with Crippen molar-refractivity contribution in [2.45, 2.75) is 40.5 Å². The van der Waals surface area contributed by atoms with E-state index in [0.29, 0.717) is 5.41 Å². The molecule has 0 saturated carbocycles. The highest BCUT2D eigenvalue weighted by atomic mass is 14.3. The minimum absolute atomic E-state index is 0.421. The molecule has 1 aliphatic rings. The van der Waals surface area contributed by atoms with Gasteiger partial charge in [0.1, 0.15) is 0 Å². The summed E-state index contributed by atoms with van der Waals surface area (Å²) in [5, 5.41) is 0. The summed E-state index contributed by atoms with van der Waals surface area (Å²) in [6.45, 7) is 9.24. The minimum atomic E-state index is 0.421. The second-order valence-electron chi connectivity index (χ2n) is 4.52. The van der Waals surface area contributed by atoms with Crippen molar-refractivity contribution in [1.82, 2.24) is 0 Å². The van der Waals surface area contributed by atoms with Gasteiger partial charge < -0.3 is 0 Å². The average Bonchev–Trinajstić information content (AvgIpc) is 2.11. The van der Waals surface area contributed by atoms with Gasteiger partial charge >= 0.3 is 0 Å². The zero-order valence-corrected chi connectivity index (χ0v) is 7.57. The van der Waals surface area contributed by atoms with Crippen LogP contribution in [0, 0.1) is 11.3 Å². The summed E-state index contributed by atoms with van der Waals surface area (Å²) in [5.74, 6) is 0.897. The quantitative estimate of drug-likeness (QED) is 0.450. The van der Waals surface area contributed by atoms with Gasteiger partial charge in [-0.1, -0.05) is 39.3 Å². The third-order valence-electron chi connectivity index (χ3n) is 2.30. The Labute approximate surface area is 64.3 Å². The molecule has 1 rings (SSSR count). The van der Waals surface area contributed by atoms with Gasteiger partial charge in [0.25, 0.3) is 0 Å². The van der Waals surface area contributed by atoms with E-state index in [2.05, 4.69) is 33.8 Å². The zero-order chi connectivity index (χ0) is 7.78. The van der Waals surface area contributed by atoms with Crippen LogP contribution in [0.5, 0.6) is 0 Å². The Hall–Kier alpha value is -0.260. The highest BCUT2D eigenvalue weighted by Gasteiger charge is 2.22. The molecule has 0 saturated heterocycles. The van der Waals surface area contributed by atoms with Crippen LogP contribution in [0.25, 0.3) is 0 Å². The van der Waals surface area contributed by atoms with Gasteiger partial charge in [-0.05, 0) is 24.2 Å². The third kappa shape index (κ3) is 1.62. The molecule has 0 N–H and O–H groups in total. The molecule has 0 aromatic carbocycles. The van der Waals surface area contributed by atoms with Crippen molar-refractivity contribution in [3.8, 4) is 0 Å². The molecule has 0 radical (unpaired) electrons. The molecule has 0 spiro atoms. The van der Waals surface area contributed by atoms with E-state index in [4.69, 9.17) is 0 Å². The molecule has 0 aliphatic heterocycles. The van der Waals surface area contributed by atoms with E-state index >= 15 is 0 Å². The maximum Gasteiger partial charge on any atom is -0.0173 e. The van der Waals surface area contributed by atoms with Crippen molar-refractivity contribution in [2.75, 3.05) is 0 Å². The first-order chi connectivity index (χ1) is 4.50. The van der Waals surface area contributed by atoms with Crippen molar-refractivity contribution in [3.63, 3.8) is 0 Å². The van der Waals surface area contributed by atoms with E-state index in [1.54, 1.807) is 5.57 Å². The SMILES string of the molecule is CC1CC=C(C(C)(C)C)C1. The Morgan fingerprint density at radius 2 is 2.00 bits per heavy atom. The maximum atomic E-state index is 2.42. The number of allylic oxidation sites excluding steroid dienone is 2. The number of hydrogen-bond donors (Lipinski definition) is 0. The van der Waals surface area contributed by atoms with Crippen molar-refractivity contribution in [3.05, 3.63) is 11.6 Å². The lowest BCUT2D eigenvalue weighted by Gasteiger charge is -2.20. The van der Waals surface area contributed by atoms with Crippen LogP contribution < -0.4 is 0 Å². The summed E-state index contributed by atoms with van der Waals surface area (Å²) >= 11 is 0. The molecule has 0 fully saturated rings. The van der Waals surface area contributed by atoms with Gasteiger partial charge in [-0.2, -0.15) is 0 Å². The molecular weight excluding hydrogens is 120 g/mol. The molecule has 0 nitrogen and oxygen atoms in total. The monoisotopic (exact) mass is 138 g/mol. The summed E-state index contributed by atoms with van der Waals surface area (Å²) in [7, 11) is 0. The van der Waals surface area contributed by atoms with E-state index in [9.17, 15) is 0 Å². The second-order valence-corrected chi connectivity index (χ2v) is 4.52. The van der Waals surface area contributed by atoms with Gasteiger partial charge in [-0.3, -0.25) is 0 Å². The summed E-state index contributed by atoms with van der Waals surface area (Å²) in [4.78, 5) is 0. The number of rotatable bonds is 0. The third-order valence-corrected chi connectivity index (χ3v) is 2.30. The van der Waals surface area contributed by atoms with Crippen molar-refractivity contribution in [1.29, 1.82) is 0 Å². The van der Waals surface area contributed by atoms with E-state index < -0.39 is 0 Å². The van der Waals surface area contributed by atoms with Crippen LogP contribution in [-0.4, -0.2) is 0 Å². The first-order valence-corrected chi connectivity index (χ1v) is 4.19. The van der Waals surface area contributed by atoms with Gasteiger partial charge in [-0.25, -0.2) is 0 Å². The summed E-state index contributed by atoms with van der Waals surface area (Å²) in [5.41, 5.74) is 2.07. The summed E-state index contributed by atoms with van der Waals surface area (Å²) in [6.07, 6.45) is 5.04. The Bertz CT molecular complexity index is 146. The fourth-order valence-corrected chi connectivity index (χ4v) is 1.50. The van der Waals surface area contributed by atoms with Crippen LogP contribution in [0.15, 0.2) is 11.6 Å². The average molecular weight is 138 g/mol. The molecule has 0 aromatic rings. The van der Waals surface area contributed by atoms with Gasteiger partial charge in [0.05, 0.1) is 0 Å². The smallest absolute Gasteiger partial charge is 0.0173 e. The molecule has 1 unspecified atom stereocenters. The highest BCUT2D eigenvalue weighted by molar-refractivity contribution is 5.16. The molecule has 0 amide bonds. The molecule has 0 heteroatoms. The van der Waals surface area contributed by atoms with Crippen molar-refractivity contribution < 1.29 is 0 Å². The molecule has 1 atom stereocenters. The van der Waals surface area contributed by atoms with Gasteiger partial charge in [0, 0.05) is 0 Å². The molecule has 0 bridgehead atoms. The van der Waals surface area contributed by atoms with Gasteiger partial charge in [-0.15, -0.1) is 0 Å². The van der Waals surface area contributed by atoms with E-state index in [1.807, 2.05) is 0 Å². The first kappa shape index (κ1) is 7.84. The topological polar surface area (TPSA) is 0 Å². The summed E-state index contributed by atoms with van der Waals surface area (Å²) < 4.78 is 0. The Morgan fingerprint density at radius 3 is 2.20 bits per heavy atom. The first-order valence-electron chi connectivity index (χ1n) is 4.19. The normalized spacial score (nSPS) is 26.8. The van der Waals surface area contributed by atoms with Crippen molar-refractivity contribution >= 4 is 0 Å². The predicted octanol–water partition coefficient (Wildman–Crippen LogP) is 3.39. The Balaban J connectivity index is 2.60. The highest BCUT2D eigenvalue weighted by Crippen LogP contribution is 2.36. The number of hydrogen-bond acceptors (Lipinski definition) is 0. The van der Waals surface area contributed by atoms with Crippen LogP contribution in [0.4, 0.5) is 0 Å². The largest absolute Gasteiger partial charge is 0.0845 e. The van der Waals surface area contributed by atoms with Crippen LogP contribution in [0.3, 0.4) is 0 Å². The van der Waals surface area contributed by atoms with Crippen LogP contribution >= 0.6 is 0 Å². The molecule has 58 valence electrons. The van der Waals surface area contributed by atoms with E-state index in [-0.39, 0.29) is 0 Å². The van der Waals surface area contributed by atoms with Crippen molar-refractivity contribution in [2.24, 2.45) is 11.3 Å². The molecular formula is C10H18. The zero-order valence-electron chi connectivity index (χ0n) is 7.57. The molecule has 10 heavy (non-hydrogen) atoms. The van der Waals surface area contributed by atoms with E-state index in [0.717, 1.165) is 5.92 Å². The lowest BCUT2D eigenvalue weighted by atomic mass is 9.85. The van der Waals surface area contributed by atoms with Crippen LogP contribution in [0.2, 0.25) is 0 Å². The minimum Gasteiger partial charge on any atom is -0.0845 e. The maximum absolute atomic E-state index is 2.42. The second kappa shape index (κ2) is 2.41. The lowest BCUT2D eigenvalue weighted by molar-refractivity contribution is 0.469. The summed E-state index contributed by atoms with van der Waals surface area (Å²) in [6, 6.07) is 0. The van der Waals surface area contributed by atoms with E-state index in [1.165, 1.54) is 12.8 Å². The fraction of sp³-hybridized carbons (Fsp3) is 0.800.